The molecule has 0 bridgehead atoms. The summed E-state index contributed by atoms with van der Waals surface area (Å²) in [5, 5.41) is 9.89. The summed E-state index contributed by atoms with van der Waals surface area (Å²) in [5.74, 6) is -0.271. The molecule has 2 nitrogen and oxygen atoms in total. The van der Waals surface area contributed by atoms with Crippen LogP contribution in [0.3, 0.4) is 0 Å². The van der Waals surface area contributed by atoms with Crippen LogP contribution in [0, 0.1) is 0 Å². The number of carbonyl (C=O) groups excluding carboxylic acids is 1. The van der Waals surface area contributed by atoms with Crippen LogP contribution in [0.25, 0.3) is 0 Å². The Morgan fingerprint density at radius 2 is 1.37 bits per heavy atom. The quantitative estimate of drug-likeness (QED) is 0.842. The van der Waals surface area contributed by atoms with Crippen molar-refractivity contribution >= 4 is 5.78 Å². The van der Waals surface area contributed by atoms with E-state index in [-0.39, 0.29) is 5.78 Å². The van der Waals surface area contributed by atoms with E-state index in [0.29, 0.717) is 11.1 Å². The summed E-state index contributed by atoms with van der Waals surface area (Å²) >= 11 is 0. The Morgan fingerprint density at radius 3 is 1.84 bits per heavy atom. The molecular formula is C17H20O2. The summed E-state index contributed by atoms with van der Waals surface area (Å²) in [6.07, 6.45) is 0.170. The summed E-state index contributed by atoms with van der Waals surface area (Å²) < 4.78 is 0. The van der Waals surface area contributed by atoms with Crippen molar-refractivity contribution in [3.63, 3.8) is 0 Å². The van der Waals surface area contributed by atoms with Gasteiger partial charge in [-0.15, -0.1) is 0 Å². The fourth-order valence-corrected chi connectivity index (χ4v) is 1.55. The highest BCUT2D eigenvalue weighted by molar-refractivity contribution is 5.99. The topological polar surface area (TPSA) is 37.3 Å². The van der Waals surface area contributed by atoms with Crippen molar-refractivity contribution in [2.75, 3.05) is 0 Å². The molecule has 100 valence electrons. The Hall–Kier alpha value is -1.93. The summed E-state index contributed by atoms with van der Waals surface area (Å²) in [7, 11) is 0. The fourth-order valence-electron chi connectivity index (χ4n) is 1.55. The second-order valence-corrected chi connectivity index (χ2v) is 4.25. The minimum Gasteiger partial charge on any atom is -0.380 e. The average molecular weight is 256 g/mol. The normalized spacial score (nSPS) is 11.1. The highest BCUT2D eigenvalue weighted by Crippen LogP contribution is 2.17. The zero-order chi connectivity index (χ0) is 14.1. The van der Waals surface area contributed by atoms with E-state index in [1.165, 1.54) is 6.42 Å². The van der Waals surface area contributed by atoms with Crippen LogP contribution >= 0.6 is 0 Å². The second kappa shape index (κ2) is 8.22. The molecule has 0 aliphatic carbocycles. The van der Waals surface area contributed by atoms with Crippen molar-refractivity contribution < 1.29 is 9.90 Å². The van der Waals surface area contributed by atoms with Gasteiger partial charge in [0, 0.05) is 5.56 Å². The Labute approximate surface area is 114 Å². The fraction of sp³-hybridized carbons (Fsp3) is 0.235. The molecule has 1 atom stereocenters. The molecule has 2 aromatic rings. The van der Waals surface area contributed by atoms with E-state index in [1.54, 1.807) is 48.5 Å². The largest absolute Gasteiger partial charge is 0.380 e. The highest BCUT2D eigenvalue weighted by atomic mass is 16.3. The number of hydrogen-bond acceptors (Lipinski definition) is 2. The van der Waals surface area contributed by atoms with Gasteiger partial charge >= 0.3 is 0 Å². The number of aliphatic hydroxyl groups excluding tert-OH is 1. The van der Waals surface area contributed by atoms with Crippen LogP contribution in [0.1, 0.15) is 42.3 Å². The first-order chi connectivity index (χ1) is 9.20. The van der Waals surface area contributed by atoms with Crippen LogP contribution in [0.15, 0.2) is 60.7 Å². The van der Waals surface area contributed by atoms with Crippen molar-refractivity contribution in [2.24, 2.45) is 0 Å². The zero-order valence-corrected chi connectivity index (χ0v) is 11.4. The predicted molar refractivity (Wildman–Crippen MR) is 78.1 cm³/mol. The molecule has 1 N–H and O–H groups in total. The van der Waals surface area contributed by atoms with Crippen LogP contribution in [0.4, 0.5) is 0 Å². The molecule has 0 fully saturated rings. The molecule has 2 heteroatoms. The molecule has 0 spiro atoms. The van der Waals surface area contributed by atoms with E-state index in [2.05, 4.69) is 13.8 Å². The van der Waals surface area contributed by atoms with E-state index in [9.17, 15) is 9.90 Å². The third-order valence-corrected chi connectivity index (χ3v) is 2.42. The smallest absolute Gasteiger partial charge is 0.195 e. The maximum atomic E-state index is 11.9. The van der Waals surface area contributed by atoms with Crippen molar-refractivity contribution in [1.29, 1.82) is 0 Å². The lowest BCUT2D eigenvalue weighted by Gasteiger charge is -2.09. The number of aliphatic hydroxyl groups is 1. The van der Waals surface area contributed by atoms with Crippen molar-refractivity contribution in [1.82, 2.24) is 0 Å². The lowest BCUT2D eigenvalue weighted by molar-refractivity contribution is 0.0747. The molecule has 0 saturated carbocycles. The molecule has 2 rings (SSSR count). The molecule has 0 aliphatic heterocycles. The Kier molecular flexibility index (Phi) is 6.55. The number of ketones is 1. The highest BCUT2D eigenvalue weighted by Gasteiger charge is 2.18. The summed E-state index contributed by atoms with van der Waals surface area (Å²) in [5.41, 5.74) is 1.15. The van der Waals surface area contributed by atoms with Gasteiger partial charge in [-0.2, -0.15) is 0 Å². The molecule has 19 heavy (non-hydrogen) atoms. The molecule has 2 aromatic carbocycles. The number of hydrogen-bond donors (Lipinski definition) is 1. The summed E-state index contributed by atoms with van der Waals surface area (Å²) in [4.78, 5) is 11.9. The summed E-state index contributed by atoms with van der Waals surface area (Å²) in [6, 6.07) is 17.7. The standard InChI is InChI=1S/C14H12O2.C3H8/c15-13(11-7-3-1-4-8-11)14(16)12-9-5-2-6-10-12;1-3-2/h1-10,13,15H;3H2,1-2H3. The van der Waals surface area contributed by atoms with Gasteiger partial charge in [-0.3, -0.25) is 4.79 Å². The Balaban J connectivity index is 0.000000550. The maximum Gasteiger partial charge on any atom is 0.195 e. The third-order valence-electron chi connectivity index (χ3n) is 2.42. The van der Waals surface area contributed by atoms with Gasteiger partial charge in [0.15, 0.2) is 5.78 Å². The average Bonchev–Trinajstić information content (AvgIpc) is 2.48. The van der Waals surface area contributed by atoms with Gasteiger partial charge in [-0.1, -0.05) is 80.9 Å². The van der Waals surface area contributed by atoms with E-state index < -0.39 is 6.10 Å². The van der Waals surface area contributed by atoms with Crippen LogP contribution in [0.5, 0.6) is 0 Å². The SMILES string of the molecule is CCC.O=C(c1ccccc1)C(O)c1ccccc1. The minimum absolute atomic E-state index is 0.271. The lowest BCUT2D eigenvalue weighted by Crippen LogP contribution is -2.11. The monoisotopic (exact) mass is 256 g/mol. The van der Waals surface area contributed by atoms with Gasteiger partial charge in [-0.25, -0.2) is 0 Å². The molecule has 0 aliphatic rings. The molecule has 0 saturated heterocycles. The number of rotatable bonds is 3. The Bertz CT molecular complexity index is 477. The third kappa shape index (κ3) is 4.68. The minimum atomic E-state index is -1.08. The van der Waals surface area contributed by atoms with Crippen LogP contribution < -0.4 is 0 Å². The van der Waals surface area contributed by atoms with E-state index in [1.807, 2.05) is 12.1 Å². The first-order valence-electron chi connectivity index (χ1n) is 6.53. The molecular weight excluding hydrogens is 236 g/mol. The predicted octanol–water partition coefficient (Wildman–Crippen LogP) is 4.02. The molecule has 0 aromatic heterocycles. The number of Topliss-reactive ketones (excluding diaryl/α,β-unsaturated/α-hetero) is 1. The molecule has 0 amide bonds. The van der Waals surface area contributed by atoms with E-state index in [4.69, 9.17) is 0 Å². The second-order valence-electron chi connectivity index (χ2n) is 4.25. The molecule has 1 unspecified atom stereocenters. The van der Waals surface area contributed by atoms with Crippen LogP contribution in [-0.4, -0.2) is 10.9 Å². The summed E-state index contributed by atoms with van der Waals surface area (Å²) in [6.45, 7) is 4.25. The van der Waals surface area contributed by atoms with Gasteiger partial charge in [-0.05, 0) is 5.56 Å². The van der Waals surface area contributed by atoms with Crippen LogP contribution in [-0.2, 0) is 0 Å². The zero-order valence-electron chi connectivity index (χ0n) is 11.4. The van der Waals surface area contributed by atoms with E-state index in [0.717, 1.165) is 0 Å². The first kappa shape index (κ1) is 15.1. The molecule has 0 heterocycles. The van der Waals surface area contributed by atoms with Gasteiger partial charge in [0.25, 0.3) is 0 Å². The maximum absolute atomic E-state index is 11.9. The van der Waals surface area contributed by atoms with Crippen molar-refractivity contribution in [2.45, 2.75) is 26.4 Å². The van der Waals surface area contributed by atoms with Crippen molar-refractivity contribution in [3.05, 3.63) is 71.8 Å². The van der Waals surface area contributed by atoms with E-state index >= 15 is 0 Å². The Morgan fingerprint density at radius 1 is 0.947 bits per heavy atom. The first-order valence-corrected chi connectivity index (χ1v) is 6.53. The van der Waals surface area contributed by atoms with Gasteiger partial charge in [0.05, 0.1) is 0 Å². The lowest BCUT2D eigenvalue weighted by atomic mass is 10.0. The van der Waals surface area contributed by atoms with Crippen LogP contribution in [0.2, 0.25) is 0 Å². The number of carbonyl (C=O) groups is 1. The van der Waals surface area contributed by atoms with Gasteiger partial charge in [0.1, 0.15) is 6.10 Å². The van der Waals surface area contributed by atoms with Gasteiger partial charge < -0.3 is 5.11 Å². The van der Waals surface area contributed by atoms with Gasteiger partial charge in [0.2, 0.25) is 0 Å². The van der Waals surface area contributed by atoms with Crippen molar-refractivity contribution in [3.8, 4) is 0 Å². The number of benzene rings is 2. The molecule has 0 radical (unpaired) electrons.